The van der Waals surface area contributed by atoms with E-state index in [1.54, 1.807) is 0 Å². The molecule has 0 saturated carbocycles. The van der Waals surface area contributed by atoms with Crippen LogP contribution in [-0.4, -0.2) is 10.1 Å². The second-order valence-corrected chi connectivity index (χ2v) is 4.55. The summed E-state index contributed by atoms with van der Waals surface area (Å²) in [7, 11) is 0. The lowest BCUT2D eigenvalue weighted by Crippen LogP contribution is -1.91. The van der Waals surface area contributed by atoms with Gasteiger partial charge >= 0.3 is 0 Å². The molecule has 1 aromatic heterocycles. The van der Waals surface area contributed by atoms with Gasteiger partial charge in [0.15, 0.2) is 0 Å². The molecule has 0 amide bonds. The molecule has 0 aliphatic carbocycles. The quantitative estimate of drug-likeness (QED) is 0.897. The second kappa shape index (κ2) is 4.46. The first-order chi connectivity index (χ1) is 7.99. The number of aliphatic hydroxyl groups is 1. The summed E-state index contributed by atoms with van der Waals surface area (Å²) in [6.45, 7) is 1.52. The molecule has 1 heterocycles. The molecule has 6 heteroatoms. The molecule has 0 fully saturated rings. The highest BCUT2D eigenvalue weighted by Crippen LogP contribution is 2.32. The molecular weight excluding hydrogens is 251 g/mol. The normalized spacial score (nSPS) is 12.8. The van der Waals surface area contributed by atoms with E-state index in [0.717, 1.165) is 11.3 Å². The number of benzene rings is 1. The van der Waals surface area contributed by atoms with Gasteiger partial charge in [0.2, 0.25) is 0 Å². The Bertz CT molecular complexity index is 530. The van der Waals surface area contributed by atoms with E-state index in [0.29, 0.717) is 17.0 Å². The van der Waals surface area contributed by atoms with Crippen LogP contribution in [0.3, 0.4) is 0 Å². The SMILES string of the molecule is CC(O)c1cnc(-c2c(F)cc(F)cc2F)s1. The third kappa shape index (κ3) is 2.32. The number of nitrogens with zero attached hydrogens (tertiary/aromatic N) is 1. The molecule has 0 bridgehead atoms. The summed E-state index contributed by atoms with van der Waals surface area (Å²) in [5.41, 5.74) is -0.372. The zero-order valence-corrected chi connectivity index (χ0v) is 9.56. The van der Waals surface area contributed by atoms with E-state index in [-0.39, 0.29) is 10.6 Å². The average Bonchev–Trinajstić information content (AvgIpc) is 2.65. The van der Waals surface area contributed by atoms with Gasteiger partial charge in [-0.3, -0.25) is 0 Å². The topological polar surface area (TPSA) is 33.1 Å². The molecule has 2 rings (SSSR count). The fourth-order valence-corrected chi connectivity index (χ4v) is 2.24. The number of aliphatic hydroxyl groups excluding tert-OH is 1. The van der Waals surface area contributed by atoms with Gasteiger partial charge in [-0.25, -0.2) is 18.2 Å². The largest absolute Gasteiger partial charge is 0.388 e. The maximum Gasteiger partial charge on any atom is 0.139 e. The second-order valence-electron chi connectivity index (χ2n) is 3.49. The van der Waals surface area contributed by atoms with Crippen LogP contribution in [0.15, 0.2) is 18.3 Å². The minimum Gasteiger partial charge on any atom is -0.388 e. The summed E-state index contributed by atoms with van der Waals surface area (Å²) < 4.78 is 39.6. The first-order valence-electron chi connectivity index (χ1n) is 4.77. The van der Waals surface area contributed by atoms with E-state index >= 15 is 0 Å². The van der Waals surface area contributed by atoms with Crippen LogP contribution in [0.1, 0.15) is 17.9 Å². The Morgan fingerprint density at radius 2 is 1.82 bits per heavy atom. The van der Waals surface area contributed by atoms with Crippen molar-refractivity contribution in [2.24, 2.45) is 0 Å². The van der Waals surface area contributed by atoms with Gasteiger partial charge in [0.25, 0.3) is 0 Å². The van der Waals surface area contributed by atoms with Gasteiger partial charge in [0.05, 0.1) is 16.5 Å². The van der Waals surface area contributed by atoms with Gasteiger partial charge < -0.3 is 5.11 Å². The molecule has 0 radical (unpaired) electrons. The standard InChI is InChI=1S/C11H8F3NOS/c1-5(16)9-4-15-11(17-9)10-7(13)2-6(12)3-8(10)14/h2-5,16H,1H3. The average molecular weight is 259 g/mol. The van der Waals surface area contributed by atoms with Crippen LogP contribution in [-0.2, 0) is 0 Å². The Morgan fingerprint density at radius 3 is 2.29 bits per heavy atom. The van der Waals surface area contributed by atoms with Crippen LogP contribution in [0, 0.1) is 17.5 Å². The van der Waals surface area contributed by atoms with E-state index in [1.165, 1.54) is 13.1 Å². The molecule has 2 nitrogen and oxygen atoms in total. The zero-order valence-electron chi connectivity index (χ0n) is 8.75. The predicted octanol–water partition coefficient (Wildman–Crippen LogP) is 3.28. The van der Waals surface area contributed by atoms with Crippen LogP contribution in [0.5, 0.6) is 0 Å². The van der Waals surface area contributed by atoms with Gasteiger partial charge in [0, 0.05) is 18.3 Å². The van der Waals surface area contributed by atoms with Gasteiger partial charge in [-0.1, -0.05) is 0 Å². The van der Waals surface area contributed by atoms with E-state index in [1.807, 2.05) is 0 Å². The molecule has 0 saturated heterocycles. The molecule has 2 aromatic rings. The fourth-order valence-electron chi connectivity index (χ4n) is 1.34. The monoisotopic (exact) mass is 259 g/mol. The molecule has 0 spiro atoms. The van der Waals surface area contributed by atoms with Gasteiger partial charge in [-0.05, 0) is 6.92 Å². The van der Waals surface area contributed by atoms with E-state index in [4.69, 9.17) is 0 Å². The highest BCUT2D eigenvalue weighted by Gasteiger charge is 2.17. The van der Waals surface area contributed by atoms with Crippen molar-refractivity contribution in [3.05, 3.63) is 40.7 Å². The van der Waals surface area contributed by atoms with Crippen LogP contribution >= 0.6 is 11.3 Å². The lowest BCUT2D eigenvalue weighted by atomic mass is 10.2. The summed E-state index contributed by atoms with van der Waals surface area (Å²) >= 11 is 0.965. The van der Waals surface area contributed by atoms with Crippen molar-refractivity contribution in [1.82, 2.24) is 4.98 Å². The summed E-state index contributed by atoms with van der Waals surface area (Å²) in [6.07, 6.45) is 0.584. The number of halogens is 3. The molecule has 1 aromatic carbocycles. The first-order valence-corrected chi connectivity index (χ1v) is 5.59. The number of hydrogen-bond acceptors (Lipinski definition) is 3. The molecule has 1 unspecified atom stereocenters. The van der Waals surface area contributed by atoms with Crippen molar-refractivity contribution in [3.8, 4) is 10.6 Å². The van der Waals surface area contributed by atoms with E-state index < -0.39 is 23.6 Å². The molecular formula is C11H8F3NOS. The third-order valence-corrected chi connectivity index (χ3v) is 3.34. The fraction of sp³-hybridized carbons (Fsp3) is 0.182. The van der Waals surface area contributed by atoms with Crippen molar-refractivity contribution >= 4 is 11.3 Å². The Morgan fingerprint density at radius 1 is 1.24 bits per heavy atom. The number of hydrogen-bond donors (Lipinski definition) is 1. The van der Waals surface area contributed by atoms with E-state index in [9.17, 15) is 18.3 Å². The van der Waals surface area contributed by atoms with Gasteiger partial charge in [-0.2, -0.15) is 0 Å². The lowest BCUT2D eigenvalue weighted by molar-refractivity contribution is 0.203. The maximum absolute atomic E-state index is 13.4. The van der Waals surface area contributed by atoms with Gasteiger partial charge in [0.1, 0.15) is 22.5 Å². The summed E-state index contributed by atoms with van der Waals surface area (Å²) in [4.78, 5) is 4.30. The molecule has 17 heavy (non-hydrogen) atoms. The summed E-state index contributed by atoms with van der Waals surface area (Å²) in [5, 5.41) is 9.37. The van der Waals surface area contributed by atoms with Gasteiger partial charge in [-0.15, -0.1) is 11.3 Å². The van der Waals surface area contributed by atoms with Crippen molar-refractivity contribution in [2.45, 2.75) is 13.0 Å². The van der Waals surface area contributed by atoms with Crippen molar-refractivity contribution < 1.29 is 18.3 Å². The van der Waals surface area contributed by atoms with Crippen LogP contribution in [0.2, 0.25) is 0 Å². The molecule has 90 valence electrons. The number of thiazole rings is 1. The van der Waals surface area contributed by atoms with Crippen LogP contribution in [0.4, 0.5) is 13.2 Å². The lowest BCUT2D eigenvalue weighted by Gasteiger charge is -2.01. The van der Waals surface area contributed by atoms with Crippen LogP contribution < -0.4 is 0 Å². The Kier molecular flexibility index (Phi) is 3.17. The maximum atomic E-state index is 13.4. The van der Waals surface area contributed by atoms with Crippen molar-refractivity contribution in [3.63, 3.8) is 0 Å². The summed E-state index contributed by atoms with van der Waals surface area (Å²) in [5.74, 6) is -2.99. The minimum atomic E-state index is -1.01. The highest BCUT2D eigenvalue weighted by atomic mass is 32.1. The molecule has 0 aliphatic heterocycles. The molecule has 1 atom stereocenters. The Balaban J connectivity index is 2.52. The summed E-state index contributed by atoms with van der Waals surface area (Å²) in [6, 6.07) is 1.20. The highest BCUT2D eigenvalue weighted by molar-refractivity contribution is 7.15. The predicted molar refractivity (Wildman–Crippen MR) is 58.1 cm³/mol. The number of rotatable bonds is 2. The molecule has 1 N–H and O–H groups in total. The smallest absolute Gasteiger partial charge is 0.139 e. The van der Waals surface area contributed by atoms with Crippen molar-refractivity contribution in [1.29, 1.82) is 0 Å². The third-order valence-electron chi connectivity index (χ3n) is 2.16. The Labute approximate surface area is 99.4 Å². The zero-order chi connectivity index (χ0) is 12.6. The van der Waals surface area contributed by atoms with Crippen LogP contribution in [0.25, 0.3) is 10.6 Å². The number of aromatic nitrogens is 1. The Hall–Kier alpha value is -1.40. The first kappa shape index (κ1) is 12.1. The molecule has 0 aliphatic rings. The minimum absolute atomic E-state index is 0.0795. The van der Waals surface area contributed by atoms with E-state index in [2.05, 4.69) is 4.98 Å². The van der Waals surface area contributed by atoms with Crippen molar-refractivity contribution in [2.75, 3.05) is 0 Å².